The van der Waals surface area contributed by atoms with E-state index >= 15 is 0 Å². The summed E-state index contributed by atoms with van der Waals surface area (Å²) in [4.78, 5) is 7.81. The van der Waals surface area contributed by atoms with Gasteiger partial charge in [0, 0.05) is 16.8 Å². The van der Waals surface area contributed by atoms with Crippen LogP contribution in [0, 0.1) is 6.92 Å². The van der Waals surface area contributed by atoms with Gasteiger partial charge in [0.25, 0.3) is 0 Å². The maximum atomic E-state index is 9.80. The molecule has 0 fully saturated rings. The molecular weight excluding hydrogens is 226 g/mol. The van der Waals surface area contributed by atoms with E-state index in [-0.39, 0.29) is 11.7 Å². The molecule has 16 heavy (non-hydrogen) atoms. The van der Waals surface area contributed by atoms with E-state index in [2.05, 4.69) is 9.97 Å². The van der Waals surface area contributed by atoms with Gasteiger partial charge in [-0.3, -0.25) is 0 Å². The van der Waals surface area contributed by atoms with Crippen LogP contribution < -0.4 is 5.73 Å². The maximum Gasteiger partial charge on any atom is 0.220 e. The van der Waals surface area contributed by atoms with Crippen LogP contribution in [0.4, 0.5) is 5.95 Å². The first kappa shape index (κ1) is 10.7. The molecule has 0 bridgehead atoms. The highest BCUT2D eigenvalue weighted by atomic mass is 35.5. The molecule has 0 spiro atoms. The monoisotopic (exact) mass is 235 g/mol. The SMILES string of the molecule is Cc1cc(O)c(-c2ccnc(N)n2)cc1Cl. The molecule has 0 saturated heterocycles. The Balaban J connectivity index is 2.60. The Morgan fingerprint density at radius 1 is 1.38 bits per heavy atom. The van der Waals surface area contributed by atoms with E-state index in [9.17, 15) is 5.11 Å². The van der Waals surface area contributed by atoms with Crippen LogP contribution in [0.5, 0.6) is 5.75 Å². The van der Waals surface area contributed by atoms with Crippen LogP contribution in [-0.4, -0.2) is 15.1 Å². The standard InChI is InChI=1S/C11H10ClN3O/c1-6-4-10(16)7(5-8(6)12)9-2-3-14-11(13)15-9/h2-5,16H,1H3,(H2,13,14,15). The zero-order chi connectivity index (χ0) is 11.7. The van der Waals surface area contributed by atoms with Gasteiger partial charge in [0.05, 0.1) is 5.69 Å². The molecule has 3 N–H and O–H groups in total. The number of halogens is 1. The van der Waals surface area contributed by atoms with Gasteiger partial charge in [-0.15, -0.1) is 0 Å². The summed E-state index contributed by atoms with van der Waals surface area (Å²) < 4.78 is 0. The molecule has 0 aliphatic rings. The third-order valence-corrected chi connectivity index (χ3v) is 2.63. The quantitative estimate of drug-likeness (QED) is 0.796. The van der Waals surface area contributed by atoms with E-state index in [0.717, 1.165) is 5.56 Å². The number of hydrogen-bond acceptors (Lipinski definition) is 4. The molecule has 5 heteroatoms. The number of rotatable bonds is 1. The predicted octanol–water partition coefficient (Wildman–Crippen LogP) is 2.39. The van der Waals surface area contributed by atoms with Gasteiger partial charge in [-0.1, -0.05) is 11.6 Å². The number of phenols is 1. The van der Waals surface area contributed by atoms with Crippen LogP contribution in [-0.2, 0) is 0 Å². The maximum absolute atomic E-state index is 9.80. The first-order chi connectivity index (χ1) is 7.58. The minimum atomic E-state index is 0.125. The molecule has 1 heterocycles. The number of aromatic nitrogens is 2. The number of benzene rings is 1. The van der Waals surface area contributed by atoms with Crippen LogP contribution in [0.3, 0.4) is 0 Å². The second-order valence-electron chi connectivity index (χ2n) is 3.42. The molecular formula is C11H10ClN3O. The summed E-state index contributed by atoms with van der Waals surface area (Å²) in [6, 6.07) is 4.92. The Hall–Kier alpha value is -1.81. The van der Waals surface area contributed by atoms with Gasteiger partial charge in [-0.2, -0.15) is 0 Å². The number of nitrogen functional groups attached to an aromatic ring is 1. The van der Waals surface area contributed by atoms with Crippen molar-refractivity contribution >= 4 is 17.5 Å². The van der Waals surface area contributed by atoms with E-state index in [1.165, 1.54) is 6.20 Å². The minimum Gasteiger partial charge on any atom is -0.507 e. The van der Waals surface area contributed by atoms with Crippen molar-refractivity contribution in [1.82, 2.24) is 9.97 Å². The van der Waals surface area contributed by atoms with Crippen molar-refractivity contribution in [3.05, 3.63) is 35.0 Å². The number of hydrogen-bond donors (Lipinski definition) is 2. The molecule has 0 radical (unpaired) electrons. The van der Waals surface area contributed by atoms with E-state index in [1.54, 1.807) is 18.2 Å². The smallest absolute Gasteiger partial charge is 0.220 e. The van der Waals surface area contributed by atoms with E-state index < -0.39 is 0 Å². The normalized spacial score (nSPS) is 10.4. The molecule has 1 aromatic heterocycles. The Bertz CT molecular complexity index is 543. The lowest BCUT2D eigenvalue weighted by Crippen LogP contribution is -1.95. The third kappa shape index (κ3) is 1.92. The van der Waals surface area contributed by atoms with E-state index in [1.807, 2.05) is 6.92 Å². The number of aromatic hydroxyl groups is 1. The molecule has 2 rings (SSSR count). The number of anilines is 1. The topological polar surface area (TPSA) is 72.0 Å². The zero-order valence-corrected chi connectivity index (χ0v) is 9.36. The lowest BCUT2D eigenvalue weighted by Gasteiger charge is -2.07. The Morgan fingerprint density at radius 2 is 2.12 bits per heavy atom. The van der Waals surface area contributed by atoms with Crippen LogP contribution in [0.1, 0.15) is 5.56 Å². The largest absolute Gasteiger partial charge is 0.507 e. The highest BCUT2D eigenvalue weighted by Crippen LogP contribution is 2.32. The van der Waals surface area contributed by atoms with Crippen LogP contribution in [0.2, 0.25) is 5.02 Å². The van der Waals surface area contributed by atoms with Crippen molar-refractivity contribution < 1.29 is 5.11 Å². The molecule has 2 aromatic rings. The highest BCUT2D eigenvalue weighted by Gasteiger charge is 2.09. The van der Waals surface area contributed by atoms with Crippen molar-refractivity contribution in [2.45, 2.75) is 6.92 Å². The fourth-order valence-corrected chi connectivity index (χ4v) is 1.56. The molecule has 0 atom stereocenters. The van der Waals surface area contributed by atoms with Crippen LogP contribution in [0.25, 0.3) is 11.3 Å². The summed E-state index contributed by atoms with van der Waals surface area (Å²) >= 11 is 5.99. The van der Waals surface area contributed by atoms with Gasteiger partial charge in [-0.05, 0) is 30.7 Å². The van der Waals surface area contributed by atoms with Crippen molar-refractivity contribution in [2.75, 3.05) is 5.73 Å². The summed E-state index contributed by atoms with van der Waals surface area (Å²) in [7, 11) is 0. The first-order valence-corrected chi connectivity index (χ1v) is 5.03. The van der Waals surface area contributed by atoms with Crippen molar-refractivity contribution in [2.24, 2.45) is 0 Å². The average molecular weight is 236 g/mol. The van der Waals surface area contributed by atoms with Crippen molar-refractivity contribution in [3.8, 4) is 17.0 Å². The summed E-state index contributed by atoms with van der Waals surface area (Å²) in [5.41, 5.74) is 7.38. The number of nitrogens with two attached hydrogens (primary N) is 1. The van der Waals surface area contributed by atoms with Gasteiger partial charge in [0.1, 0.15) is 5.75 Å². The summed E-state index contributed by atoms with van der Waals surface area (Å²) in [5.74, 6) is 0.286. The minimum absolute atomic E-state index is 0.125. The summed E-state index contributed by atoms with van der Waals surface area (Å²) in [5, 5.41) is 10.4. The number of phenolic OH excluding ortho intramolecular Hbond substituents is 1. The average Bonchev–Trinajstić information content (AvgIpc) is 2.23. The fourth-order valence-electron chi connectivity index (χ4n) is 1.40. The summed E-state index contributed by atoms with van der Waals surface area (Å²) in [6.07, 6.45) is 1.53. The lowest BCUT2D eigenvalue weighted by molar-refractivity contribution is 0.476. The molecule has 82 valence electrons. The van der Waals surface area contributed by atoms with Crippen molar-refractivity contribution in [1.29, 1.82) is 0 Å². The number of nitrogens with zero attached hydrogens (tertiary/aromatic N) is 2. The van der Waals surface area contributed by atoms with Gasteiger partial charge >= 0.3 is 0 Å². The molecule has 4 nitrogen and oxygen atoms in total. The van der Waals surface area contributed by atoms with Gasteiger partial charge < -0.3 is 10.8 Å². The Kier molecular flexibility index (Phi) is 2.66. The Morgan fingerprint density at radius 3 is 2.81 bits per heavy atom. The van der Waals surface area contributed by atoms with Gasteiger partial charge in [0.15, 0.2) is 0 Å². The van der Waals surface area contributed by atoms with Crippen LogP contribution >= 0.6 is 11.6 Å². The second kappa shape index (κ2) is 3.98. The highest BCUT2D eigenvalue weighted by molar-refractivity contribution is 6.31. The summed E-state index contributed by atoms with van der Waals surface area (Å²) in [6.45, 7) is 1.82. The molecule has 0 amide bonds. The van der Waals surface area contributed by atoms with E-state index in [4.69, 9.17) is 17.3 Å². The van der Waals surface area contributed by atoms with E-state index in [0.29, 0.717) is 16.3 Å². The lowest BCUT2D eigenvalue weighted by atomic mass is 10.1. The molecule has 0 saturated carbocycles. The predicted molar refractivity (Wildman–Crippen MR) is 63.3 cm³/mol. The third-order valence-electron chi connectivity index (χ3n) is 2.23. The van der Waals surface area contributed by atoms with Gasteiger partial charge in [-0.25, -0.2) is 9.97 Å². The Labute approximate surface area is 97.7 Å². The zero-order valence-electron chi connectivity index (χ0n) is 8.61. The molecule has 1 aromatic carbocycles. The number of aryl methyl sites for hydroxylation is 1. The second-order valence-corrected chi connectivity index (χ2v) is 3.83. The van der Waals surface area contributed by atoms with Gasteiger partial charge in [0.2, 0.25) is 5.95 Å². The van der Waals surface area contributed by atoms with Crippen LogP contribution in [0.15, 0.2) is 24.4 Å². The van der Waals surface area contributed by atoms with Crippen molar-refractivity contribution in [3.63, 3.8) is 0 Å². The molecule has 0 aliphatic heterocycles. The fraction of sp³-hybridized carbons (Fsp3) is 0.0909. The molecule has 0 unspecified atom stereocenters. The molecule has 0 aliphatic carbocycles. The first-order valence-electron chi connectivity index (χ1n) is 4.66.